The van der Waals surface area contributed by atoms with E-state index in [1.54, 1.807) is 18.2 Å². The van der Waals surface area contributed by atoms with E-state index in [1.807, 2.05) is 32.2 Å². The van der Waals surface area contributed by atoms with Gasteiger partial charge in [-0.2, -0.15) is 0 Å². The van der Waals surface area contributed by atoms with E-state index in [9.17, 15) is 4.21 Å². The summed E-state index contributed by atoms with van der Waals surface area (Å²) in [7, 11) is 0.590. The van der Waals surface area contributed by atoms with Gasteiger partial charge in [-0.15, -0.1) is 0 Å². The third-order valence-corrected chi connectivity index (χ3v) is 5.64. The van der Waals surface area contributed by atoms with Gasteiger partial charge >= 0.3 is 0 Å². The fourth-order valence-corrected chi connectivity index (χ4v) is 4.48. The van der Waals surface area contributed by atoms with Crippen LogP contribution in [0.15, 0.2) is 47.4 Å². The highest BCUT2D eigenvalue weighted by molar-refractivity contribution is 7.85. The van der Waals surface area contributed by atoms with Gasteiger partial charge < -0.3 is 5.32 Å². The monoisotopic (exact) mass is 341 g/mol. The van der Waals surface area contributed by atoms with E-state index in [0.29, 0.717) is 20.7 Å². The Kier molecular flexibility index (Phi) is 5.82. The summed E-state index contributed by atoms with van der Waals surface area (Å²) in [6.07, 6.45) is 0. The molecule has 2 atom stereocenters. The highest BCUT2D eigenvalue weighted by Crippen LogP contribution is 2.29. The van der Waals surface area contributed by atoms with E-state index in [1.165, 1.54) is 5.56 Å². The molecule has 2 aromatic carbocycles. The zero-order valence-corrected chi connectivity index (χ0v) is 14.2. The summed E-state index contributed by atoms with van der Waals surface area (Å²) in [6.45, 7) is 2.04. The van der Waals surface area contributed by atoms with Crippen molar-refractivity contribution in [3.63, 3.8) is 0 Å². The zero-order valence-electron chi connectivity index (χ0n) is 11.9. The lowest BCUT2D eigenvalue weighted by Gasteiger charge is -2.17. The molecule has 0 spiro atoms. The van der Waals surface area contributed by atoms with Gasteiger partial charge in [0.1, 0.15) is 0 Å². The molecule has 0 heterocycles. The number of nitrogens with one attached hydrogen (secondary N) is 1. The largest absolute Gasteiger partial charge is 0.312 e. The first-order valence-electron chi connectivity index (χ1n) is 6.59. The second-order valence-corrected chi connectivity index (χ2v) is 7.07. The summed E-state index contributed by atoms with van der Waals surface area (Å²) in [5.74, 6) is 0.420. The average Bonchev–Trinajstić information content (AvgIpc) is 2.44. The van der Waals surface area contributed by atoms with Crippen LogP contribution in [0.3, 0.4) is 0 Å². The molecule has 0 bridgehead atoms. The normalized spacial score (nSPS) is 13.9. The number of hydrogen-bond acceptors (Lipinski definition) is 2. The van der Waals surface area contributed by atoms with Crippen molar-refractivity contribution in [1.29, 1.82) is 0 Å². The Morgan fingerprint density at radius 1 is 1.14 bits per heavy atom. The maximum Gasteiger partial charge on any atom is 0.0761 e. The van der Waals surface area contributed by atoms with Crippen molar-refractivity contribution in [2.45, 2.75) is 17.9 Å². The first-order chi connectivity index (χ1) is 10.0. The minimum absolute atomic E-state index is 0.0157. The molecule has 0 saturated heterocycles. The van der Waals surface area contributed by atoms with Crippen LogP contribution in [0.25, 0.3) is 0 Å². The van der Waals surface area contributed by atoms with Crippen molar-refractivity contribution < 1.29 is 4.21 Å². The molecule has 112 valence electrons. The highest BCUT2D eigenvalue weighted by atomic mass is 35.5. The van der Waals surface area contributed by atoms with E-state index in [2.05, 4.69) is 11.4 Å². The second-order valence-electron chi connectivity index (χ2n) is 4.82. The molecule has 0 fully saturated rings. The molecular formula is C16H17Cl2NOS. The van der Waals surface area contributed by atoms with Crippen LogP contribution in [-0.2, 0) is 10.8 Å². The van der Waals surface area contributed by atoms with E-state index >= 15 is 0 Å². The smallest absolute Gasteiger partial charge is 0.0761 e. The van der Waals surface area contributed by atoms with Crippen LogP contribution in [0.5, 0.6) is 0 Å². The molecule has 0 saturated carbocycles. The van der Waals surface area contributed by atoms with Crippen LogP contribution in [-0.4, -0.2) is 17.0 Å². The molecule has 5 heteroatoms. The summed E-state index contributed by atoms with van der Waals surface area (Å²) >= 11 is 12.2. The fourth-order valence-electron chi connectivity index (χ4n) is 2.17. The predicted molar refractivity (Wildman–Crippen MR) is 90.7 cm³/mol. The summed E-state index contributed by atoms with van der Waals surface area (Å²) in [5.41, 5.74) is 2.28. The molecule has 0 radical (unpaired) electrons. The molecule has 2 unspecified atom stereocenters. The number of hydrogen-bond donors (Lipinski definition) is 1. The van der Waals surface area contributed by atoms with Gasteiger partial charge in [0.05, 0.1) is 25.7 Å². The Morgan fingerprint density at radius 2 is 1.76 bits per heavy atom. The molecule has 0 aromatic heterocycles. The van der Waals surface area contributed by atoms with Crippen LogP contribution in [0.4, 0.5) is 0 Å². The highest BCUT2D eigenvalue weighted by Gasteiger charge is 2.18. The summed E-state index contributed by atoms with van der Waals surface area (Å²) in [6, 6.07) is 13.3. The fraction of sp³-hybridized carbons (Fsp3) is 0.250. The Balaban J connectivity index is 2.25. The molecule has 1 N–H and O–H groups in total. The summed E-state index contributed by atoms with van der Waals surface area (Å²) in [5, 5.41) is 4.09. The van der Waals surface area contributed by atoms with Crippen molar-refractivity contribution in [3.8, 4) is 0 Å². The third-order valence-electron chi connectivity index (χ3n) is 3.26. The molecular weight excluding hydrogens is 325 g/mol. The van der Waals surface area contributed by atoms with Gasteiger partial charge in [0.2, 0.25) is 0 Å². The van der Waals surface area contributed by atoms with E-state index < -0.39 is 10.8 Å². The van der Waals surface area contributed by atoms with Crippen molar-refractivity contribution in [2.24, 2.45) is 0 Å². The first kappa shape index (κ1) is 16.5. The van der Waals surface area contributed by atoms with Crippen molar-refractivity contribution in [3.05, 3.63) is 63.6 Å². The minimum Gasteiger partial charge on any atom is -0.312 e. The number of rotatable bonds is 5. The molecule has 2 nitrogen and oxygen atoms in total. The number of benzene rings is 2. The lowest BCUT2D eigenvalue weighted by molar-refractivity contribution is 0.635. The van der Waals surface area contributed by atoms with Gasteiger partial charge in [-0.25, -0.2) is 0 Å². The lowest BCUT2D eigenvalue weighted by Crippen LogP contribution is -2.23. The minimum atomic E-state index is -1.27. The van der Waals surface area contributed by atoms with Crippen LogP contribution >= 0.6 is 23.2 Å². The zero-order chi connectivity index (χ0) is 15.4. The third kappa shape index (κ3) is 4.07. The molecule has 21 heavy (non-hydrogen) atoms. The SMILES string of the molecule is CNC(CS(=O)c1c(Cl)cccc1Cl)c1cccc(C)c1. The summed E-state index contributed by atoms with van der Waals surface area (Å²) in [4.78, 5) is 0.508. The van der Waals surface area contributed by atoms with E-state index in [4.69, 9.17) is 23.2 Å². The summed E-state index contributed by atoms with van der Waals surface area (Å²) < 4.78 is 12.6. The maximum absolute atomic E-state index is 12.6. The topological polar surface area (TPSA) is 29.1 Å². The Hall–Kier alpha value is -0.870. The van der Waals surface area contributed by atoms with Crippen LogP contribution < -0.4 is 5.32 Å². The van der Waals surface area contributed by atoms with Crippen molar-refractivity contribution in [1.82, 2.24) is 5.32 Å². The van der Waals surface area contributed by atoms with Crippen LogP contribution in [0.2, 0.25) is 10.0 Å². The second kappa shape index (κ2) is 7.41. The van der Waals surface area contributed by atoms with Crippen LogP contribution in [0.1, 0.15) is 17.2 Å². The van der Waals surface area contributed by atoms with Gasteiger partial charge in [0.15, 0.2) is 0 Å². The average molecular weight is 342 g/mol. The van der Waals surface area contributed by atoms with Gasteiger partial charge in [-0.1, -0.05) is 59.1 Å². The van der Waals surface area contributed by atoms with Gasteiger partial charge in [0, 0.05) is 11.8 Å². The molecule has 2 rings (SSSR count). The standard InChI is InChI=1S/C16H17Cl2NOS/c1-11-5-3-6-12(9-11)15(19-2)10-21(20)16-13(17)7-4-8-14(16)18/h3-9,15,19H,10H2,1-2H3. The Labute approximate surface area is 137 Å². The molecule has 0 amide bonds. The van der Waals surface area contributed by atoms with Gasteiger partial charge in [-0.05, 0) is 31.7 Å². The predicted octanol–water partition coefficient (Wildman–Crippen LogP) is 4.37. The quantitative estimate of drug-likeness (QED) is 0.874. The first-order valence-corrected chi connectivity index (χ1v) is 8.66. The number of halogens is 2. The molecule has 0 aliphatic heterocycles. The maximum atomic E-state index is 12.6. The Bertz CT molecular complexity index is 640. The Morgan fingerprint density at radius 3 is 2.33 bits per heavy atom. The van der Waals surface area contributed by atoms with Gasteiger partial charge in [0.25, 0.3) is 0 Å². The van der Waals surface area contributed by atoms with Gasteiger partial charge in [-0.3, -0.25) is 4.21 Å². The molecule has 0 aliphatic carbocycles. The van der Waals surface area contributed by atoms with Crippen molar-refractivity contribution in [2.75, 3.05) is 12.8 Å². The van der Waals surface area contributed by atoms with Crippen LogP contribution in [0, 0.1) is 6.92 Å². The molecule has 0 aliphatic rings. The molecule has 2 aromatic rings. The van der Waals surface area contributed by atoms with Crippen molar-refractivity contribution >= 4 is 34.0 Å². The van der Waals surface area contributed by atoms with E-state index in [0.717, 1.165) is 5.56 Å². The number of aryl methyl sites for hydroxylation is 1. The lowest BCUT2D eigenvalue weighted by atomic mass is 10.1. The van der Waals surface area contributed by atoms with E-state index in [-0.39, 0.29) is 6.04 Å².